The van der Waals surface area contributed by atoms with E-state index < -0.39 is 0 Å². The number of para-hydroxylation sites is 4. The molecule has 1 spiro atoms. The van der Waals surface area contributed by atoms with Gasteiger partial charge in [-0.25, -0.2) is 0 Å². The smallest absolute Gasteiger partial charge is 0.200 e. The highest BCUT2D eigenvalue weighted by molar-refractivity contribution is 5.94. The van der Waals surface area contributed by atoms with E-state index in [4.69, 9.17) is 4.42 Å². The zero-order chi connectivity index (χ0) is 31.6. The second-order valence-electron chi connectivity index (χ2n) is 13.6. The summed E-state index contributed by atoms with van der Waals surface area (Å²) in [5.74, 6) is 1.06. The van der Waals surface area contributed by atoms with Crippen molar-refractivity contribution in [3.05, 3.63) is 178 Å². The first-order valence-corrected chi connectivity index (χ1v) is 16.8. The molecule has 11 rings (SSSR count). The molecule has 1 saturated carbocycles. The van der Waals surface area contributed by atoms with Crippen LogP contribution in [0.1, 0.15) is 22.7 Å². The first-order valence-electron chi connectivity index (χ1n) is 16.8. The Morgan fingerprint density at radius 2 is 1.48 bits per heavy atom. The maximum absolute atomic E-state index is 13.3. The number of nitrogens with zero attached hydrogens (tertiary/aromatic N) is 2. The summed E-state index contributed by atoms with van der Waals surface area (Å²) in [5.41, 5.74) is 11.3. The van der Waals surface area contributed by atoms with E-state index in [0.29, 0.717) is 39.7 Å². The molecule has 1 fully saturated rings. The summed E-state index contributed by atoms with van der Waals surface area (Å²) in [7, 11) is 0. The molecule has 2 aromatic heterocycles. The Morgan fingerprint density at radius 3 is 2.40 bits per heavy atom. The Kier molecular flexibility index (Phi) is 5.11. The van der Waals surface area contributed by atoms with Crippen LogP contribution in [0.5, 0.6) is 0 Å². The molecule has 4 atom stereocenters. The number of anilines is 2. The first kappa shape index (κ1) is 26.2. The Labute approximate surface area is 277 Å². The predicted octanol–water partition coefficient (Wildman–Crippen LogP) is 9.88. The average molecular weight is 619 g/mol. The van der Waals surface area contributed by atoms with Crippen LogP contribution in [-0.4, -0.2) is 10.1 Å². The Bertz CT molecular complexity index is 2660. The van der Waals surface area contributed by atoms with Gasteiger partial charge in [0, 0.05) is 52.0 Å². The molecule has 0 N–H and O–H groups in total. The summed E-state index contributed by atoms with van der Waals surface area (Å²) in [6.07, 6.45) is 13.1. The van der Waals surface area contributed by atoms with Crippen molar-refractivity contribution < 1.29 is 4.42 Å². The fourth-order valence-corrected chi connectivity index (χ4v) is 9.16. The normalized spacial score (nSPS) is 23.2. The molecule has 3 aliphatic carbocycles. The minimum absolute atomic E-state index is 0.0151. The van der Waals surface area contributed by atoms with E-state index in [0.717, 1.165) is 12.1 Å². The predicted molar refractivity (Wildman–Crippen MR) is 194 cm³/mol. The van der Waals surface area contributed by atoms with Gasteiger partial charge in [0.2, 0.25) is 5.43 Å². The van der Waals surface area contributed by atoms with Crippen molar-refractivity contribution in [3.8, 4) is 5.69 Å². The van der Waals surface area contributed by atoms with E-state index in [1.54, 1.807) is 0 Å². The van der Waals surface area contributed by atoms with Crippen LogP contribution in [0.25, 0.3) is 44.6 Å². The number of rotatable bonds is 3. The van der Waals surface area contributed by atoms with Gasteiger partial charge in [-0.05, 0) is 77.7 Å². The fourth-order valence-electron chi connectivity index (χ4n) is 9.16. The molecule has 7 aromatic rings. The minimum Gasteiger partial charge on any atom is -0.456 e. The molecule has 3 unspecified atom stereocenters. The number of benzene rings is 5. The van der Waals surface area contributed by atoms with Crippen LogP contribution in [0.2, 0.25) is 0 Å². The SMILES string of the molecule is O=c1c2ccccc2oc2cc(N3c4ccccc4C4[C@@H]5C=C(C6C=Cc7c(c8ccccc8n7-c7ccccc7)C6)C=CC453)ccc12. The lowest BCUT2D eigenvalue weighted by atomic mass is 9.83. The number of hydrogen-bond acceptors (Lipinski definition) is 3. The van der Waals surface area contributed by atoms with Crippen LogP contribution in [0.4, 0.5) is 11.4 Å². The molecule has 4 nitrogen and oxygen atoms in total. The highest BCUT2D eigenvalue weighted by Crippen LogP contribution is 2.73. The van der Waals surface area contributed by atoms with E-state index in [-0.39, 0.29) is 11.0 Å². The maximum atomic E-state index is 13.3. The number of aromatic nitrogens is 1. The molecule has 48 heavy (non-hydrogen) atoms. The van der Waals surface area contributed by atoms with Crippen LogP contribution in [0, 0.1) is 11.8 Å². The Morgan fingerprint density at radius 1 is 0.708 bits per heavy atom. The van der Waals surface area contributed by atoms with Gasteiger partial charge < -0.3 is 13.9 Å². The zero-order valence-corrected chi connectivity index (χ0v) is 26.1. The van der Waals surface area contributed by atoms with Crippen molar-refractivity contribution in [2.45, 2.75) is 17.9 Å². The molecule has 228 valence electrons. The van der Waals surface area contributed by atoms with Crippen molar-refractivity contribution in [2.75, 3.05) is 4.90 Å². The van der Waals surface area contributed by atoms with Crippen LogP contribution >= 0.6 is 0 Å². The second-order valence-corrected chi connectivity index (χ2v) is 13.6. The zero-order valence-electron chi connectivity index (χ0n) is 26.1. The van der Waals surface area contributed by atoms with Gasteiger partial charge in [-0.15, -0.1) is 0 Å². The van der Waals surface area contributed by atoms with Crippen LogP contribution in [-0.2, 0) is 6.42 Å². The van der Waals surface area contributed by atoms with Crippen molar-refractivity contribution in [1.29, 1.82) is 0 Å². The average Bonchev–Trinajstić information content (AvgIpc) is 3.54. The van der Waals surface area contributed by atoms with Crippen LogP contribution in [0.3, 0.4) is 0 Å². The fraction of sp³-hybridized carbons (Fsp3) is 0.114. The van der Waals surface area contributed by atoms with E-state index in [9.17, 15) is 4.79 Å². The second kappa shape index (κ2) is 9.36. The first-order chi connectivity index (χ1) is 23.7. The van der Waals surface area contributed by atoms with Crippen LogP contribution < -0.4 is 10.3 Å². The van der Waals surface area contributed by atoms with Gasteiger partial charge in [-0.3, -0.25) is 4.79 Å². The third kappa shape index (κ3) is 3.37. The highest BCUT2D eigenvalue weighted by atomic mass is 16.3. The molecule has 0 bridgehead atoms. The lowest BCUT2D eigenvalue weighted by molar-refractivity contribution is 0.659. The van der Waals surface area contributed by atoms with Crippen molar-refractivity contribution in [1.82, 2.24) is 4.57 Å². The summed E-state index contributed by atoms with van der Waals surface area (Å²) in [6.45, 7) is 0. The van der Waals surface area contributed by atoms with Gasteiger partial charge in [0.15, 0.2) is 0 Å². The summed E-state index contributed by atoms with van der Waals surface area (Å²) >= 11 is 0. The minimum atomic E-state index is -0.162. The van der Waals surface area contributed by atoms with Gasteiger partial charge in [-0.2, -0.15) is 0 Å². The molecule has 1 aliphatic heterocycles. The van der Waals surface area contributed by atoms with Crippen molar-refractivity contribution in [3.63, 3.8) is 0 Å². The summed E-state index contributed by atoms with van der Waals surface area (Å²) < 4.78 is 8.73. The summed E-state index contributed by atoms with van der Waals surface area (Å²) in [5, 5.41) is 2.57. The third-order valence-electron chi connectivity index (χ3n) is 11.3. The van der Waals surface area contributed by atoms with E-state index >= 15 is 0 Å². The summed E-state index contributed by atoms with van der Waals surface area (Å²) in [6, 6.07) is 41.9. The molecule has 4 heteroatoms. The lowest BCUT2D eigenvalue weighted by Crippen LogP contribution is -2.33. The largest absolute Gasteiger partial charge is 0.456 e. The van der Waals surface area contributed by atoms with Gasteiger partial charge >= 0.3 is 0 Å². The molecule has 3 heterocycles. The van der Waals surface area contributed by atoms with E-state index in [1.165, 1.54) is 44.7 Å². The number of hydrogen-bond donors (Lipinski definition) is 0. The van der Waals surface area contributed by atoms with E-state index in [2.05, 4.69) is 131 Å². The number of fused-ring (bicyclic) bond motifs is 8. The monoisotopic (exact) mass is 618 g/mol. The topological polar surface area (TPSA) is 38.4 Å². The standard InChI is InChI=1S/C44H30N2O2/c47-43-33-14-6-9-17-40(33)48-41-26-30(19-20-34(41)43)46-39-16-8-5-13-32(39)42-36-25-28(22-23-44(36,42)46)27-18-21-38-35(24-27)31-12-4-7-15-37(31)45(38)29-10-2-1-3-11-29/h1-23,25-27,36,42H,24H2/t27?,36-,42?,44?/m0/s1. The van der Waals surface area contributed by atoms with Crippen LogP contribution in [0.15, 0.2) is 160 Å². The molecular formula is C44H30N2O2. The van der Waals surface area contributed by atoms with Crippen molar-refractivity contribution in [2.24, 2.45) is 11.8 Å². The van der Waals surface area contributed by atoms with E-state index in [1.807, 2.05) is 30.3 Å². The third-order valence-corrected chi connectivity index (χ3v) is 11.3. The molecule has 4 aliphatic rings. The van der Waals surface area contributed by atoms with Gasteiger partial charge in [-0.1, -0.05) is 91.0 Å². The Hall–Kier alpha value is -5.87. The lowest BCUT2D eigenvalue weighted by Gasteiger charge is -2.33. The van der Waals surface area contributed by atoms with Gasteiger partial charge in [0.05, 0.1) is 21.8 Å². The number of allylic oxidation sites excluding steroid dienone is 3. The molecular weight excluding hydrogens is 588 g/mol. The quantitative estimate of drug-likeness (QED) is 0.185. The molecule has 0 amide bonds. The molecule has 0 saturated heterocycles. The molecule has 5 aromatic carbocycles. The highest BCUT2D eigenvalue weighted by Gasteiger charge is 2.71. The molecule has 0 radical (unpaired) electrons. The maximum Gasteiger partial charge on any atom is 0.200 e. The summed E-state index contributed by atoms with van der Waals surface area (Å²) in [4.78, 5) is 15.8. The Balaban J connectivity index is 0.986. The van der Waals surface area contributed by atoms with Crippen molar-refractivity contribution >= 4 is 50.3 Å². The van der Waals surface area contributed by atoms with Gasteiger partial charge in [0.1, 0.15) is 11.2 Å². The van der Waals surface area contributed by atoms with Gasteiger partial charge in [0.25, 0.3) is 0 Å².